The van der Waals surface area contributed by atoms with Crippen molar-refractivity contribution in [2.24, 2.45) is 0 Å². The van der Waals surface area contributed by atoms with Crippen LogP contribution in [-0.2, 0) is 20.9 Å². The molecule has 0 aromatic heterocycles. The van der Waals surface area contributed by atoms with Crippen LogP contribution in [-0.4, -0.2) is 48.8 Å². The van der Waals surface area contributed by atoms with E-state index in [1.54, 1.807) is 24.1 Å². The SMILES string of the molecule is CCOCCCC(=O)N(C)Cc1ccc(OCC(=O)O)cc1. The van der Waals surface area contributed by atoms with Gasteiger partial charge in [0, 0.05) is 33.2 Å². The van der Waals surface area contributed by atoms with Crippen LogP contribution in [0, 0.1) is 0 Å². The van der Waals surface area contributed by atoms with Crippen LogP contribution in [0.15, 0.2) is 24.3 Å². The molecule has 122 valence electrons. The summed E-state index contributed by atoms with van der Waals surface area (Å²) in [4.78, 5) is 24.0. The number of ether oxygens (including phenoxy) is 2. The van der Waals surface area contributed by atoms with E-state index >= 15 is 0 Å². The van der Waals surface area contributed by atoms with Crippen molar-refractivity contribution in [3.05, 3.63) is 29.8 Å². The average molecular weight is 309 g/mol. The first-order valence-electron chi connectivity index (χ1n) is 7.28. The summed E-state index contributed by atoms with van der Waals surface area (Å²) in [5.74, 6) is -0.441. The molecule has 6 heteroatoms. The minimum absolute atomic E-state index is 0.0749. The molecular formula is C16H23NO5. The van der Waals surface area contributed by atoms with Gasteiger partial charge >= 0.3 is 5.97 Å². The summed E-state index contributed by atoms with van der Waals surface area (Å²) in [5, 5.41) is 8.54. The Labute approximate surface area is 130 Å². The first-order valence-corrected chi connectivity index (χ1v) is 7.28. The van der Waals surface area contributed by atoms with E-state index in [4.69, 9.17) is 14.6 Å². The van der Waals surface area contributed by atoms with Crippen molar-refractivity contribution in [2.75, 3.05) is 26.9 Å². The molecule has 0 atom stereocenters. The summed E-state index contributed by atoms with van der Waals surface area (Å²) in [6, 6.07) is 7.04. The van der Waals surface area contributed by atoms with Gasteiger partial charge in [-0.3, -0.25) is 4.79 Å². The highest BCUT2D eigenvalue weighted by Crippen LogP contribution is 2.13. The van der Waals surface area contributed by atoms with Gasteiger partial charge in [-0.1, -0.05) is 12.1 Å². The van der Waals surface area contributed by atoms with Gasteiger partial charge in [-0.2, -0.15) is 0 Å². The van der Waals surface area contributed by atoms with Gasteiger partial charge in [0.1, 0.15) is 5.75 Å². The molecule has 0 unspecified atom stereocenters. The molecule has 1 amide bonds. The van der Waals surface area contributed by atoms with E-state index in [9.17, 15) is 9.59 Å². The quantitative estimate of drug-likeness (QED) is 0.668. The molecule has 0 saturated heterocycles. The van der Waals surface area contributed by atoms with Crippen LogP contribution in [0.5, 0.6) is 5.75 Å². The Balaban J connectivity index is 2.38. The van der Waals surface area contributed by atoms with Gasteiger partial charge in [0.25, 0.3) is 0 Å². The molecule has 0 fully saturated rings. The summed E-state index contributed by atoms with van der Waals surface area (Å²) < 4.78 is 10.3. The number of carbonyl (C=O) groups is 2. The summed E-state index contributed by atoms with van der Waals surface area (Å²) in [6.07, 6.45) is 1.19. The van der Waals surface area contributed by atoms with Crippen LogP contribution in [0.4, 0.5) is 0 Å². The van der Waals surface area contributed by atoms with E-state index in [0.29, 0.717) is 31.9 Å². The van der Waals surface area contributed by atoms with Crippen LogP contribution >= 0.6 is 0 Å². The maximum atomic E-state index is 11.9. The molecule has 0 aliphatic carbocycles. The summed E-state index contributed by atoms with van der Waals surface area (Å²) >= 11 is 0. The molecule has 6 nitrogen and oxygen atoms in total. The zero-order valence-corrected chi connectivity index (χ0v) is 13.1. The molecule has 1 N–H and O–H groups in total. The predicted molar refractivity (Wildman–Crippen MR) is 81.8 cm³/mol. The normalized spacial score (nSPS) is 10.3. The van der Waals surface area contributed by atoms with Crippen LogP contribution in [0.1, 0.15) is 25.3 Å². The highest BCUT2D eigenvalue weighted by molar-refractivity contribution is 5.75. The number of nitrogens with zero attached hydrogens (tertiary/aromatic N) is 1. The van der Waals surface area contributed by atoms with Crippen molar-refractivity contribution < 1.29 is 24.2 Å². The number of carbonyl (C=O) groups excluding carboxylic acids is 1. The van der Waals surface area contributed by atoms with E-state index in [-0.39, 0.29) is 12.5 Å². The van der Waals surface area contributed by atoms with Gasteiger partial charge in [-0.05, 0) is 31.0 Å². The Hall–Kier alpha value is -2.08. The number of amides is 1. The van der Waals surface area contributed by atoms with Gasteiger partial charge in [-0.25, -0.2) is 4.79 Å². The number of hydrogen-bond acceptors (Lipinski definition) is 4. The largest absolute Gasteiger partial charge is 0.482 e. The second-order valence-corrected chi connectivity index (χ2v) is 4.88. The topological polar surface area (TPSA) is 76.1 Å². The van der Waals surface area contributed by atoms with E-state index in [2.05, 4.69) is 0 Å². The standard InChI is InChI=1S/C16H23NO5/c1-3-21-10-4-5-15(18)17(2)11-13-6-8-14(9-7-13)22-12-16(19)20/h6-9H,3-5,10-12H2,1-2H3,(H,19,20). The minimum atomic E-state index is -1.01. The highest BCUT2D eigenvalue weighted by Gasteiger charge is 2.09. The number of carboxylic acids is 1. The first-order chi connectivity index (χ1) is 10.5. The van der Waals surface area contributed by atoms with E-state index in [1.807, 2.05) is 19.1 Å². The van der Waals surface area contributed by atoms with E-state index in [1.165, 1.54) is 0 Å². The zero-order chi connectivity index (χ0) is 16.4. The molecular weight excluding hydrogens is 286 g/mol. The molecule has 0 heterocycles. The molecule has 1 aromatic carbocycles. The van der Waals surface area contributed by atoms with Crippen molar-refractivity contribution in [1.82, 2.24) is 4.90 Å². The predicted octanol–water partition coefficient (Wildman–Crippen LogP) is 1.93. The second-order valence-electron chi connectivity index (χ2n) is 4.88. The highest BCUT2D eigenvalue weighted by atomic mass is 16.5. The van der Waals surface area contributed by atoms with Crippen molar-refractivity contribution in [3.63, 3.8) is 0 Å². The van der Waals surface area contributed by atoms with Crippen LogP contribution in [0.25, 0.3) is 0 Å². The fraction of sp³-hybridized carbons (Fsp3) is 0.500. The number of aliphatic carboxylic acids is 1. The Bertz CT molecular complexity index is 472. The average Bonchev–Trinajstić information content (AvgIpc) is 2.50. The molecule has 0 spiro atoms. The van der Waals surface area contributed by atoms with Gasteiger partial charge < -0.3 is 19.5 Å². The fourth-order valence-electron chi connectivity index (χ4n) is 1.86. The third kappa shape index (κ3) is 7.08. The Morgan fingerprint density at radius 2 is 1.91 bits per heavy atom. The molecule has 22 heavy (non-hydrogen) atoms. The Kier molecular flexibility index (Phi) is 7.99. The molecule has 1 aromatic rings. The lowest BCUT2D eigenvalue weighted by Crippen LogP contribution is -2.26. The van der Waals surface area contributed by atoms with Gasteiger partial charge in [0.05, 0.1) is 0 Å². The molecule has 0 saturated carbocycles. The lowest BCUT2D eigenvalue weighted by molar-refractivity contribution is -0.139. The molecule has 0 radical (unpaired) electrons. The van der Waals surface area contributed by atoms with Crippen LogP contribution < -0.4 is 4.74 Å². The Morgan fingerprint density at radius 3 is 2.50 bits per heavy atom. The molecule has 0 aliphatic heterocycles. The second kappa shape index (κ2) is 9.78. The molecule has 0 aliphatic rings. The Morgan fingerprint density at radius 1 is 1.23 bits per heavy atom. The van der Waals surface area contributed by atoms with Gasteiger partial charge in [0.15, 0.2) is 6.61 Å². The van der Waals surface area contributed by atoms with Crippen molar-refractivity contribution >= 4 is 11.9 Å². The summed E-state index contributed by atoms with van der Waals surface area (Å²) in [7, 11) is 1.76. The van der Waals surface area contributed by atoms with E-state index in [0.717, 1.165) is 12.0 Å². The summed E-state index contributed by atoms with van der Waals surface area (Å²) in [5.41, 5.74) is 0.961. The number of hydrogen-bond donors (Lipinski definition) is 1. The fourth-order valence-corrected chi connectivity index (χ4v) is 1.86. The monoisotopic (exact) mass is 309 g/mol. The van der Waals surface area contributed by atoms with E-state index < -0.39 is 5.97 Å². The lowest BCUT2D eigenvalue weighted by Gasteiger charge is -2.17. The van der Waals surface area contributed by atoms with Crippen LogP contribution in [0.3, 0.4) is 0 Å². The number of carboxylic acid groups (broad SMARTS) is 1. The summed E-state index contributed by atoms with van der Waals surface area (Å²) in [6.45, 7) is 3.34. The maximum absolute atomic E-state index is 11.9. The van der Waals surface area contributed by atoms with Crippen LogP contribution in [0.2, 0.25) is 0 Å². The number of benzene rings is 1. The number of rotatable bonds is 10. The third-order valence-corrected chi connectivity index (χ3v) is 3.01. The van der Waals surface area contributed by atoms with Gasteiger partial charge in [0.2, 0.25) is 5.91 Å². The van der Waals surface area contributed by atoms with Crippen molar-refractivity contribution in [3.8, 4) is 5.75 Å². The lowest BCUT2D eigenvalue weighted by atomic mass is 10.2. The minimum Gasteiger partial charge on any atom is -0.482 e. The molecule has 0 bridgehead atoms. The maximum Gasteiger partial charge on any atom is 0.341 e. The smallest absolute Gasteiger partial charge is 0.341 e. The van der Waals surface area contributed by atoms with Crippen molar-refractivity contribution in [2.45, 2.75) is 26.3 Å². The third-order valence-electron chi connectivity index (χ3n) is 3.01. The molecule has 1 rings (SSSR count). The zero-order valence-electron chi connectivity index (χ0n) is 13.1. The first kappa shape index (κ1) is 18.0. The van der Waals surface area contributed by atoms with Crippen molar-refractivity contribution in [1.29, 1.82) is 0 Å². The van der Waals surface area contributed by atoms with Gasteiger partial charge in [-0.15, -0.1) is 0 Å².